The van der Waals surface area contributed by atoms with Crippen molar-refractivity contribution >= 4 is 71.3 Å². The summed E-state index contributed by atoms with van der Waals surface area (Å²) in [6.45, 7) is 0.107. The fourth-order valence-electron chi connectivity index (χ4n) is 1.96. The van der Waals surface area contributed by atoms with Crippen LogP contribution < -0.4 is 15.6 Å². The van der Waals surface area contributed by atoms with E-state index in [0.717, 1.165) is 30.4 Å². The maximum absolute atomic E-state index is 11.9. The first-order valence-electron chi connectivity index (χ1n) is 7.34. The zero-order valence-corrected chi connectivity index (χ0v) is 18.4. The Morgan fingerprint density at radius 3 is 2.28 bits per heavy atom. The van der Waals surface area contributed by atoms with Crippen LogP contribution in [0.4, 0.5) is 11.4 Å². The van der Waals surface area contributed by atoms with Crippen LogP contribution in [0.25, 0.3) is 0 Å². The second-order valence-electron chi connectivity index (χ2n) is 5.38. The highest BCUT2D eigenvalue weighted by atomic mass is 79.9. The highest BCUT2D eigenvalue weighted by Crippen LogP contribution is 2.34. The molecule has 0 fully saturated rings. The number of hydrazone groups is 1. The van der Waals surface area contributed by atoms with E-state index in [-0.39, 0.29) is 12.5 Å². The molecule has 0 spiro atoms. The minimum Gasteiger partial charge on any atom is -0.378 e. The standard InChI is InChI=1S/C17H17Br3N4O/c1-24(2)13-5-3-11(4-6-13)9-22-23-16(25)10-21-17-14(19)7-12(18)8-15(17)20/h3-9,21H,10H2,1-2H3,(H,23,25). The van der Waals surface area contributed by atoms with Gasteiger partial charge < -0.3 is 10.2 Å². The van der Waals surface area contributed by atoms with Crippen molar-refractivity contribution in [2.75, 3.05) is 30.9 Å². The third kappa shape index (κ3) is 6.13. The lowest BCUT2D eigenvalue weighted by atomic mass is 10.2. The number of nitrogens with one attached hydrogen (secondary N) is 2. The van der Waals surface area contributed by atoms with E-state index < -0.39 is 0 Å². The number of rotatable bonds is 6. The van der Waals surface area contributed by atoms with Crippen LogP contribution in [-0.2, 0) is 4.79 Å². The molecule has 0 saturated carbocycles. The van der Waals surface area contributed by atoms with Crippen molar-refractivity contribution in [2.45, 2.75) is 0 Å². The average Bonchev–Trinajstić information content (AvgIpc) is 2.54. The SMILES string of the molecule is CN(C)c1ccc(C=NNC(=O)CNc2c(Br)cc(Br)cc2Br)cc1. The van der Waals surface area contributed by atoms with Gasteiger partial charge in [0.25, 0.3) is 5.91 Å². The van der Waals surface area contributed by atoms with E-state index in [1.54, 1.807) is 6.21 Å². The highest BCUT2D eigenvalue weighted by molar-refractivity contribution is 9.11. The number of carbonyl (C=O) groups excluding carboxylic acids is 1. The van der Waals surface area contributed by atoms with Crippen molar-refractivity contribution < 1.29 is 4.79 Å². The fraction of sp³-hybridized carbons (Fsp3) is 0.176. The molecule has 2 aromatic carbocycles. The molecular formula is C17H17Br3N4O. The summed E-state index contributed by atoms with van der Waals surface area (Å²) in [5.74, 6) is -0.233. The molecule has 2 rings (SSSR count). The van der Waals surface area contributed by atoms with E-state index in [2.05, 4.69) is 63.6 Å². The van der Waals surface area contributed by atoms with Gasteiger partial charge in [-0.2, -0.15) is 5.10 Å². The zero-order chi connectivity index (χ0) is 18.4. The lowest BCUT2D eigenvalue weighted by Gasteiger charge is -2.11. The van der Waals surface area contributed by atoms with Gasteiger partial charge in [0.15, 0.2) is 0 Å². The predicted octanol–water partition coefficient (Wildman–Crippen LogP) is 4.60. The van der Waals surface area contributed by atoms with Crippen LogP contribution in [0.3, 0.4) is 0 Å². The molecule has 0 aliphatic rings. The first-order valence-corrected chi connectivity index (χ1v) is 9.72. The molecule has 25 heavy (non-hydrogen) atoms. The first-order chi connectivity index (χ1) is 11.9. The molecule has 0 aliphatic heterocycles. The van der Waals surface area contributed by atoms with Crippen LogP contribution in [0, 0.1) is 0 Å². The van der Waals surface area contributed by atoms with Crippen molar-refractivity contribution in [3.63, 3.8) is 0 Å². The van der Waals surface area contributed by atoms with Crippen molar-refractivity contribution in [1.82, 2.24) is 5.43 Å². The molecule has 132 valence electrons. The van der Waals surface area contributed by atoms with E-state index in [1.807, 2.05) is 55.4 Å². The van der Waals surface area contributed by atoms with Crippen molar-refractivity contribution in [3.05, 3.63) is 55.4 Å². The molecule has 0 heterocycles. The van der Waals surface area contributed by atoms with Crippen LogP contribution in [-0.4, -0.2) is 32.8 Å². The molecule has 2 aromatic rings. The quantitative estimate of drug-likeness (QED) is 0.422. The zero-order valence-electron chi connectivity index (χ0n) is 13.7. The third-order valence-corrected chi connectivity index (χ3v) is 4.95. The summed E-state index contributed by atoms with van der Waals surface area (Å²) in [5, 5.41) is 7.05. The molecule has 0 radical (unpaired) electrons. The number of hydrogen-bond acceptors (Lipinski definition) is 4. The van der Waals surface area contributed by atoms with Crippen LogP contribution in [0.2, 0.25) is 0 Å². The fourth-order valence-corrected chi connectivity index (χ4v) is 4.50. The van der Waals surface area contributed by atoms with Crippen LogP contribution in [0.5, 0.6) is 0 Å². The van der Waals surface area contributed by atoms with Crippen molar-refractivity contribution in [2.24, 2.45) is 5.10 Å². The van der Waals surface area contributed by atoms with Crippen LogP contribution in [0.15, 0.2) is 54.9 Å². The Balaban J connectivity index is 1.86. The Kier molecular flexibility index (Phi) is 7.46. The molecule has 0 unspecified atom stereocenters. The molecular weight excluding hydrogens is 516 g/mol. The number of nitrogens with zero attached hydrogens (tertiary/aromatic N) is 2. The topological polar surface area (TPSA) is 56.7 Å². The van der Waals surface area contributed by atoms with E-state index >= 15 is 0 Å². The minimum atomic E-state index is -0.233. The van der Waals surface area contributed by atoms with E-state index in [4.69, 9.17) is 0 Å². The molecule has 0 aliphatic carbocycles. The molecule has 0 bridgehead atoms. The predicted molar refractivity (Wildman–Crippen MR) is 115 cm³/mol. The van der Waals surface area contributed by atoms with Crippen LogP contribution in [0.1, 0.15) is 5.56 Å². The Morgan fingerprint density at radius 2 is 1.72 bits per heavy atom. The van der Waals surface area contributed by atoms with Gasteiger partial charge in [0.05, 0.1) is 18.4 Å². The summed E-state index contributed by atoms with van der Waals surface area (Å²) in [4.78, 5) is 13.9. The van der Waals surface area contributed by atoms with E-state index in [0.29, 0.717) is 0 Å². The Labute approximate surface area is 172 Å². The largest absolute Gasteiger partial charge is 0.378 e. The summed E-state index contributed by atoms with van der Waals surface area (Å²) in [5.41, 5.74) is 5.34. The van der Waals surface area contributed by atoms with Crippen molar-refractivity contribution in [1.29, 1.82) is 0 Å². The number of hydrogen-bond donors (Lipinski definition) is 2. The minimum absolute atomic E-state index is 0.107. The maximum atomic E-state index is 11.9. The van der Waals surface area contributed by atoms with Gasteiger partial charge in [0, 0.05) is 33.2 Å². The van der Waals surface area contributed by atoms with Gasteiger partial charge in [0.2, 0.25) is 0 Å². The maximum Gasteiger partial charge on any atom is 0.259 e. The molecule has 0 atom stereocenters. The molecule has 8 heteroatoms. The van der Waals surface area contributed by atoms with Gasteiger partial charge in [-0.15, -0.1) is 0 Å². The normalized spacial score (nSPS) is 10.8. The lowest BCUT2D eigenvalue weighted by molar-refractivity contribution is -0.119. The van der Waals surface area contributed by atoms with Gasteiger partial charge in [-0.3, -0.25) is 4.79 Å². The number of anilines is 2. The molecule has 5 nitrogen and oxygen atoms in total. The van der Waals surface area contributed by atoms with Gasteiger partial charge in [0.1, 0.15) is 0 Å². The second kappa shape index (κ2) is 9.35. The van der Waals surface area contributed by atoms with Gasteiger partial charge in [-0.1, -0.05) is 28.1 Å². The van der Waals surface area contributed by atoms with Gasteiger partial charge >= 0.3 is 0 Å². The number of amides is 1. The molecule has 2 N–H and O–H groups in total. The van der Waals surface area contributed by atoms with Gasteiger partial charge in [-0.25, -0.2) is 5.43 Å². The molecule has 0 aromatic heterocycles. The Hall–Kier alpha value is -1.38. The summed E-state index contributed by atoms with van der Waals surface area (Å²) in [7, 11) is 3.97. The third-order valence-electron chi connectivity index (χ3n) is 3.24. The molecule has 0 saturated heterocycles. The second-order valence-corrected chi connectivity index (χ2v) is 8.00. The average molecular weight is 533 g/mol. The van der Waals surface area contributed by atoms with Crippen LogP contribution >= 0.6 is 47.8 Å². The summed E-state index contributed by atoms with van der Waals surface area (Å²) >= 11 is 10.3. The Bertz CT molecular complexity index is 753. The Morgan fingerprint density at radius 1 is 1.12 bits per heavy atom. The van der Waals surface area contributed by atoms with E-state index in [1.165, 1.54) is 0 Å². The summed E-state index contributed by atoms with van der Waals surface area (Å²) in [6, 6.07) is 11.7. The molecule has 1 amide bonds. The summed E-state index contributed by atoms with van der Waals surface area (Å²) < 4.78 is 2.64. The van der Waals surface area contributed by atoms with E-state index in [9.17, 15) is 4.79 Å². The number of benzene rings is 2. The number of halogens is 3. The van der Waals surface area contributed by atoms with Crippen molar-refractivity contribution in [3.8, 4) is 0 Å². The smallest absolute Gasteiger partial charge is 0.259 e. The van der Waals surface area contributed by atoms with Gasteiger partial charge in [-0.05, 0) is 61.7 Å². The monoisotopic (exact) mass is 530 g/mol. The first kappa shape index (κ1) is 19.9. The summed E-state index contributed by atoms with van der Waals surface area (Å²) in [6.07, 6.45) is 1.61. The highest BCUT2D eigenvalue weighted by Gasteiger charge is 2.08. The number of carbonyl (C=O) groups is 1. The lowest BCUT2D eigenvalue weighted by Crippen LogP contribution is -2.26.